The number of furan rings is 1. The minimum absolute atomic E-state index is 0.0884. The molecule has 2 aliphatic heterocycles. The van der Waals surface area contributed by atoms with Gasteiger partial charge in [-0.2, -0.15) is 0 Å². The van der Waals surface area contributed by atoms with Crippen molar-refractivity contribution in [1.29, 1.82) is 0 Å². The summed E-state index contributed by atoms with van der Waals surface area (Å²) >= 11 is 0. The van der Waals surface area contributed by atoms with E-state index < -0.39 is 0 Å². The molecule has 2 aliphatic rings. The molecule has 0 radical (unpaired) electrons. The van der Waals surface area contributed by atoms with Crippen LogP contribution in [0.2, 0.25) is 0 Å². The Labute approximate surface area is 130 Å². The Kier molecular flexibility index (Phi) is 4.47. The van der Waals surface area contributed by atoms with E-state index in [1.807, 2.05) is 4.90 Å². The number of nitrogens with zero attached hydrogens (tertiary/aromatic N) is 3. The van der Waals surface area contributed by atoms with Gasteiger partial charge in [-0.3, -0.25) is 9.59 Å². The first-order valence-corrected chi connectivity index (χ1v) is 7.92. The van der Waals surface area contributed by atoms with Crippen molar-refractivity contribution in [3.63, 3.8) is 0 Å². The maximum absolute atomic E-state index is 12.4. The van der Waals surface area contributed by atoms with E-state index in [1.54, 1.807) is 17.0 Å². The van der Waals surface area contributed by atoms with Gasteiger partial charge in [0.2, 0.25) is 5.91 Å². The predicted octanol–water partition coefficient (Wildman–Crippen LogP) is 0.906. The standard InChI is InChI=1S/C16H23N3O3/c1-17-5-4-13(12-17)11-15(20)18-6-8-19(9-7-18)16(21)14-3-2-10-22-14/h2-3,10,13H,4-9,11-12H2,1H3. The summed E-state index contributed by atoms with van der Waals surface area (Å²) in [6, 6.07) is 3.39. The number of piperazine rings is 1. The fourth-order valence-electron chi connectivity index (χ4n) is 3.28. The molecule has 2 fully saturated rings. The number of hydrogen-bond donors (Lipinski definition) is 0. The quantitative estimate of drug-likeness (QED) is 0.833. The molecule has 2 amide bonds. The molecule has 0 aromatic carbocycles. The van der Waals surface area contributed by atoms with Crippen LogP contribution in [0.15, 0.2) is 22.8 Å². The lowest BCUT2D eigenvalue weighted by molar-refractivity contribution is -0.133. The van der Waals surface area contributed by atoms with Crippen LogP contribution < -0.4 is 0 Å². The Morgan fingerprint density at radius 1 is 1.18 bits per heavy atom. The van der Waals surface area contributed by atoms with Crippen molar-refractivity contribution in [3.05, 3.63) is 24.2 Å². The summed E-state index contributed by atoms with van der Waals surface area (Å²) in [4.78, 5) is 30.5. The second-order valence-electron chi connectivity index (χ2n) is 6.27. The number of carbonyl (C=O) groups excluding carboxylic acids is 2. The molecule has 1 aromatic rings. The highest BCUT2D eigenvalue weighted by Crippen LogP contribution is 2.19. The lowest BCUT2D eigenvalue weighted by atomic mass is 10.0. The maximum atomic E-state index is 12.4. The van der Waals surface area contributed by atoms with Crippen molar-refractivity contribution in [2.75, 3.05) is 46.3 Å². The average Bonchev–Trinajstić information content (AvgIpc) is 3.18. The van der Waals surface area contributed by atoms with Gasteiger partial charge in [0, 0.05) is 39.1 Å². The topological polar surface area (TPSA) is 57.0 Å². The Morgan fingerprint density at radius 2 is 1.91 bits per heavy atom. The van der Waals surface area contributed by atoms with E-state index in [4.69, 9.17) is 4.42 Å². The first-order chi connectivity index (χ1) is 10.6. The second-order valence-corrected chi connectivity index (χ2v) is 6.27. The van der Waals surface area contributed by atoms with Crippen LogP contribution in [0.4, 0.5) is 0 Å². The van der Waals surface area contributed by atoms with Crippen molar-refractivity contribution >= 4 is 11.8 Å². The Bertz CT molecular complexity index is 521. The zero-order valence-corrected chi connectivity index (χ0v) is 13.0. The molecule has 22 heavy (non-hydrogen) atoms. The summed E-state index contributed by atoms with van der Waals surface area (Å²) in [5, 5.41) is 0. The molecule has 2 saturated heterocycles. The van der Waals surface area contributed by atoms with Crippen LogP contribution in [0.1, 0.15) is 23.4 Å². The largest absolute Gasteiger partial charge is 0.459 e. The van der Waals surface area contributed by atoms with Crippen LogP contribution in [-0.4, -0.2) is 72.8 Å². The number of hydrogen-bond acceptors (Lipinski definition) is 4. The van der Waals surface area contributed by atoms with E-state index in [0.717, 1.165) is 19.5 Å². The van der Waals surface area contributed by atoms with Gasteiger partial charge in [-0.25, -0.2) is 0 Å². The summed E-state index contributed by atoms with van der Waals surface area (Å²) in [5.41, 5.74) is 0. The van der Waals surface area contributed by atoms with E-state index in [2.05, 4.69) is 11.9 Å². The predicted molar refractivity (Wildman–Crippen MR) is 81.4 cm³/mol. The summed E-state index contributed by atoms with van der Waals surface area (Å²) in [6.07, 6.45) is 3.25. The summed E-state index contributed by atoms with van der Waals surface area (Å²) in [5.74, 6) is 0.994. The van der Waals surface area contributed by atoms with E-state index in [1.165, 1.54) is 6.26 Å². The van der Waals surface area contributed by atoms with Crippen LogP contribution in [0.5, 0.6) is 0 Å². The van der Waals surface area contributed by atoms with Crippen molar-refractivity contribution in [1.82, 2.24) is 14.7 Å². The molecule has 3 heterocycles. The highest BCUT2D eigenvalue weighted by molar-refractivity contribution is 5.91. The second kappa shape index (κ2) is 6.52. The van der Waals surface area contributed by atoms with Crippen molar-refractivity contribution in [3.8, 4) is 0 Å². The molecule has 1 unspecified atom stereocenters. The minimum Gasteiger partial charge on any atom is -0.459 e. The molecular weight excluding hydrogens is 282 g/mol. The van der Waals surface area contributed by atoms with Crippen LogP contribution in [0.3, 0.4) is 0 Å². The molecule has 0 bridgehead atoms. The molecule has 3 rings (SSSR count). The first-order valence-electron chi connectivity index (χ1n) is 7.92. The first kappa shape index (κ1) is 15.1. The molecular formula is C16H23N3O3. The fourth-order valence-corrected chi connectivity index (χ4v) is 3.28. The van der Waals surface area contributed by atoms with Crippen LogP contribution >= 0.6 is 0 Å². The molecule has 0 spiro atoms. The average molecular weight is 305 g/mol. The van der Waals surface area contributed by atoms with Gasteiger partial charge in [0.1, 0.15) is 0 Å². The van der Waals surface area contributed by atoms with E-state index in [0.29, 0.717) is 44.3 Å². The molecule has 1 aromatic heterocycles. The van der Waals surface area contributed by atoms with E-state index in [9.17, 15) is 9.59 Å². The van der Waals surface area contributed by atoms with E-state index >= 15 is 0 Å². The van der Waals surface area contributed by atoms with Gasteiger partial charge in [-0.15, -0.1) is 0 Å². The summed E-state index contributed by atoms with van der Waals surface area (Å²) in [6.45, 7) is 4.50. The van der Waals surface area contributed by atoms with Crippen LogP contribution in [0.25, 0.3) is 0 Å². The van der Waals surface area contributed by atoms with Gasteiger partial charge < -0.3 is 19.1 Å². The van der Waals surface area contributed by atoms with Gasteiger partial charge in [0.15, 0.2) is 5.76 Å². The van der Waals surface area contributed by atoms with Gasteiger partial charge in [-0.05, 0) is 38.1 Å². The Balaban J connectivity index is 1.47. The van der Waals surface area contributed by atoms with Crippen molar-refractivity contribution < 1.29 is 14.0 Å². The zero-order chi connectivity index (χ0) is 15.5. The lowest BCUT2D eigenvalue weighted by Gasteiger charge is -2.34. The van der Waals surface area contributed by atoms with Gasteiger partial charge in [0.05, 0.1) is 6.26 Å². The third-order valence-corrected chi connectivity index (χ3v) is 4.60. The summed E-state index contributed by atoms with van der Waals surface area (Å²) in [7, 11) is 2.10. The SMILES string of the molecule is CN1CCC(CC(=O)N2CCN(C(=O)c3ccco3)CC2)C1. The van der Waals surface area contributed by atoms with Crippen molar-refractivity contribution in [2.45, 2.75) is 12.8 Å². The summed E-state index contributed by atoms with van der Waals surface area (Å²) < 4.78 is 5.15. The zero-order valence-electron chi connectivity index (χ0n) is 13.0. The maximum Gasteiger partial charge on any atom is 0.289 e. The number of rotatable bonds is 3. The normalized spacial score (nSPS) is 23.0. The van der Waals surface area contributed by atoms with Crippen LogP contribution in [-0.2, 0) is 4.79 Å². The van der Waals surface area contributed by atoms with Crippen molar-refractivity contribution in [2.24, 2.45) is 5.92 Å². The molecule has 120 valence electrons. The van der Waals surface area contributed by atoms with E-state index in [-0.39, 0.29) is 11.8 Å². The Hall–Kier alpha value is -1.82. The highest BCUT2D eigenvalue weighted by atomic mass is 16.3. The third kappa shape index (κ3) is 3.32. The molecule has 0 saturated carbocycles. The molecule has 6 nitrogen and oxygen atoms in total. The monoisotopic (exact) mass is 305 g/mol. The molecule has 1 atom stereocenters. The lowest BCUT2D eigenvalue weighted by Crippen LogP contribution is -2.50. The minimum atomic E-state index is -0.0884. The van der Waals surface area contributed by atoms with Gasteiger partial charge in [0.25, 0.3) is 5.91 Å². The number of likely N-dealkylation sites (tertiary alicyclic amines) is 1. The molecule has 0 N–H and O–H groups in total. The van der Waals surface area contributed by atoms with Crippen LogP contribution in [0, 0.1) is 5.92 Å². The highest BCUT2D eigenvalue weighted by Gasteiger charge is 2.28. The van der Waals surface area contributed by atoms with Gasteiger partial charge in [-0.1, -0.05) is 0 Å². The number of carbonyl (C=O) groups is 2. The molecule has 0 aliphatic carbocycles. The smallest absolute Gasteiger partial charge is 0.289 e. The molecule has 6 heteroatoms. The fraction of sp³-hybridized carbons (Fsp3) is 0.625. The number of amides is 2. The Morgan fingerprint density at radius 3 is 2.50 bits per heavy atom. The van der Waals surface area contributed by atoms with Gasteiger partial charge >= 0.3 is 0 Å². The third-order valence-electron chi connectivity index (χ3n) is 4.60.